The third kappa shape index (κ3) is 4.03. The fraction of sp³-hybridized carbons (Fsp3) is 0.188. The van der Waals surface area contributed by atoms with Gasteiger partial charge in [0.05, 0.1) is 5.75 Å². The summed E-state index contributed by atoms with van der Waals surface area (Å²) in [5.41, 5.74) is 9.55. The van der Waals surface area contributed by atoms with Crippen LogP contribution in [0.3, 0.4) is 0 Å². The maximum absolute atomic E-state index is 11.9. The number of nitrogen functional groups attached to an aromatic ring is 1. The van der Waals surface area contributed by atoms with E-state index in [0.717, 1.165) is 27.4 Å². The predicted octanol–water partition coefficient (Wildman–Crippen LogP) is 3.62. The van der Waals surface area contributed by atoms with Crippen LogP contribution >= 0.6 is 11.8 Å². The zero-order valence-corrected chi connectivity index (χ0v) is 12.5. The van der Waals surface area contributed by atoms with Crippen molar-refractivity contribution in [3.63, 3.8) is 0 Å². The maximum atomic E-state index is 11.9. The molecule has 20 heavy (non-hydrogen) atoms. The van der Waals surface area contributed by atoms with E-state index in [4.69, 9.17) is 5.73 Å². The van der Waals surface area contributed by atoms with Crippen molar-refractivity contribution in [3.8, 4) is 0 Å². The van der Waals surface area contributed by atoms with E-state index in [1.807, 2.05) is 56.3 Å². The smallest absolute Gasteiger partial charge is 0.234 e. The number of nitrogens with two attached hydrogens (primary N) is 1. The van der Waals surface area contributed by atoms with Gasteiger partial charge < -0.3 is 11.1 Å². The van der Waals surface area contributed by atoms with Crippen LogP contribution < -0.4 is 11.1 Å². The number of amides is 1. The molecule has 0 atom stereocenters. The van der Waals surface area contributed by atoms with Crippen LogP contribution in [0.2, 0.25) is 0 Å². The Bertz CT molecular complexity index is 626. The van der Waals surface area contributed by atoms with Crippen molar-refractivity contribution in [3.05, 3.63) is 53.6 Å². The zero-order chi connectivity index (χ0) is 14.5. The molecule has 0 aliphatic rings. The van der Waals surface area contributed by atoms with Crippen LogP contribution in [0.5, 0.6) is 0 Å². The molecule has 0 aliphatic carbocycles. The monoisotopic (exact) mass is 286 g/mol. The Balaban J connectivity index is 1.90. The van der Waals surface area contributed by atoms with Gasteiger partial charge in [0.15, 0.2) is 0 Å². The molecule has 2 rings (SSSR count). The molecule has 0 radical (unpaired) electrons. The summed E-state index contributed by atoms with van der Waals surface area (Å²) in [7, 11) is 0. The van der Waals surface area contributed by atoms with Gasteiger partial charge in [-0.15, -0.1) is 11.8 Å². The fourth-order valence-corrected chi connectivity index (χ4v) is 2.60. The van der Waals surface area contributed by atoms with Crippen molar-refractivity contribution in [1.82, 2.24) is 0 Å². The summed E-state index contributed by atoms with van der Waals surface area (Å²) in [6, 6.07) is 13.6. The van der Waals surface area contributed by atoms with E-state index in [1.165, 1.54) is 11.8 Å². The Hall–Kier alpha value is -1.94. The van der Waals surface area contributed by atoms with Crippen LogP contribution in [-0.2, 0) is 4.79 Å². The van der Waals surface area contributed by atoms with Crippen molar-refractivity contribution < 1.29 is 4.79 Å². The molecule has 0 fully saturated rings. The molecule has 0 unspecified atom stereocenters. The Morgan fingerprint density at radius 3 is 2.70 bits per heavy atom. The van der Waals surface area contributed by atoms with Gasteiger partial charge in [-0.1, -0.05) is 12.1 Å². The number of hydrogen-bond donors (Lipinski definition) is 2. The highest BCUT2D eigenvalue weighted by molar-refractivity contribution is 8.00. The lowest BCUT2D eigenvalue weighted by atomic mass is 10.2. The maximum Gasteiger partial charge on any atom is 0.234 e. The van der Waals surface area contributed by atoms with Crippen LogP contribution in [0.1, 0.15) is 11.1 Å². The highest BCUT2D eigenvalue weighted by atomic mass is 32.2. The first-order chi connectivity index (χ1) is 9.54. The number of aryl methyl sites for hydroxylation is 2. The molecular weight excluding hydrogens is 268 g/mol. The number of nitrogens with one attached hydrogen (secondary N) is 1. The molecule has 2 aromatic carbocycles. The molecular formula is C16H18N2OS. The number of benzene rings is 2. The van der Waals surface area contributed by atoms with Crippen molar-refractivity contribution in [2.45, 2.75) is 18.7 Å². The minimum atomic E-state index is -0.00456. The average molecular weight is 286 g/mol. The molecule has 0 saturated heterocycles. The number of thioether (sulfide) groups is 1. The Labute approximate surface area is 123 Å². The summed E-state index contributed by atoms with van der Waals surface area (Å²) in [6.45, 7) is 3.97. The van der Waals surface area contributed by atoms with E-state index in [-0.39, 0.29) is 5.91 Å². The van der Waals surface area contributed by atoms with Crippen molar-refractivity contribution in [2.24, 2.45) is 0 Å². The van der Waals surface area contributed by atoms with E-state index < -0.39 is 0 Å². The topological polar surface area (TPSA) is 55.1 Å². The zero-order valence-electron chi connectivity index (χ0n) is 11.6. The number of carbonyl (C=O) groups is 1. The first kappa shape index (κ1) is 14.5. The molecule has 0 bridgehead atoms. The standard InChI is InChI=1S/C16H18N2OS/c1-11-4-3-5-13(8-11)18-16(19)10-20-14-6-7-15(17)12(2)9-14/h3-9H,10,17H2,1-2H3,(H,18,19). The number of carbonyl (C=O) groups excluding carboxylic acids is 1. The van der Waals surface area contributed by atoms with Crippen molar-refractivity contribution in [1.29, 1.82) is 0 Å². The van der Waals surface area contributed by atoms with Gasteiger partial charge in [0.1, 0.15) is 0 Å². The highest BCUT2D eigenvalue weighted by Crippen LogP contribution is 2.22. The summed E-state index contributed by atoms with van der Waals surface area (Å²) < 4.78 is 0. The number of anilines is 2. The summed E-state index contributed by atoms with van der Waals surface area (Å²) in [6.07, 6.45) is 0. The molecule has 3 N–H and O–H groups in total. The molecule has 2 aromatic rings. The second-order valence-electron chi connectivity index (χ2n) is 4.72. The first-order valence-electron chi connectivity index (χ1n) is 6.40. The third-order valence-electron chi connectivity index (χ3n) is 2.91. The summed E-state index contributed by atoms with van der Waals surface area (Å²) in [5.74, 6) is 0.382. The molecule has 0 saturated carbocycles. The number of rotatable bonds is 4. The van der Waals surface area contributed by atoms with Crippen LogP contribution in [0.25, 0.3) is 0 Å². The number of hydrogen-bond acceptors (Lipinski definition) is 3. The molecule has 0 spiro atoms. The summed E-state index contributed by atoms with van der Waals surface area (Å²) in [4.78, 5) is 12.9. The van der Waals surface area contributed by atoms with Gasteiger partial charge in [-0.2, -0.15) is 0 Å². The second kappa shape index (κ2) is 6.48. The van der Waals surface area contributed by atoms with Gasteiger partial charge >= 0.3 is 0 Å². The SMILES string of the molecule is Cc1cccc(NC(=O)CSc2ccc(N)c(C)c2)c1. The van der Waals surface area contributed by atoms with E-state index in [9.17, 15) is 4.79 Å². The van der Waals surface area contributed by atoms with Crippen molar-refractivity contribution in [2.75, 3.05) is 16.8 Å². The Morgan fingerprint density at radius 2 is 2.00 bits per heavy atom. The Kier molecular flexibility index (Phi) is 4.69. The predicted molar refractivity (Wildman–Crippen MR) is 86.1 cm³/mol. The first-order valence-corrected chi connectivity index (χ1v) is 7.38. The normalized spacial score (nSPS) is 10.3. The molecule has 0 heterocycles. The quantitative estimate of drug-likeness (QED) is 0.667. The molecule has 0 aromatic heterocycles. The molecule has 0 aliphatic heterocycles. The van der Waals surface area contributed by atoms with Gasteiger partial charge in [0.25, 0.3) is 0 Å². The van der Waals surface area contributed by atoms with Gasteiger partial charge in [-0.3, -0.25) is 4.79 Å². The van der Waals surface area contributed by atoms with Gasteiger partial charge in [0.2, 0.25) is 5.91 Å². The van der Waals surface area contributed by atoms with Crippen LogP contribution in [0, 0.1) is 13.8 Å². The molecule has 104 valence electrons. The molecule has 4 heteroatoms. The van der Waals surface area contributed by atoms with Crippen LogP contribution in [-0.4, -0.2) is 11.7 Å². The van der Waals surface area contributed by atoms with Crippen LogP contribution in [0.15, 0.2) is 47.4 Å². The van der Waals surface area contributed by atoms with E-state index in [0.29, 0.717) is 5.75 Å². The fourth-order valence-electron chi connectivity index (χ4n) is 1.81. The van der Waals surface area contributed by atoms with Gasteiger partial charge in [0, 0.05) is 16.3 Å². The average Bonchev–Trinajstić information content (AvgIpc) is 2.40. The largest absolute Gasteiger partial charge is 0.399 e. The van der Waals surface area contributed by atoms with E-state index in [1.54, 1.807) is 0 Å². The van der Waals surface area contributed by atoms with E-state index in [2.05, 4.69) is 5.32 Å². The summed E-state index contributed by atoms with van der Waals surface area (Å²) in [5, 5.41) is 2.89. The Morgan fingerprint density at radius 1 is 1.20 bits per heavy atom. The third-order valence-corrected chi connectivity index (χ3v) is 3.91. The van der Waals surface area contributed by atoms with Crippen LogP contribution in [0.4, 0.5) is 11.4 Å². The lowest BCUT2D eigenvalue weighted by Gasteiger charge is -2.07. The van der Waals surface area contributed by atoms with Gasteiger partial charge in [-0.05, 0) is 55.3 Å². The van der Waals surface area contributed by atoms with Gasteiger partial charge in [-0.25, -0.2) is 0 Å². The minimum Gasteiger partial charge on any atom is -0.399 e. The minimum absolute atomic E-state index is 0.00456. The second-order valence-corrected chi connectivity index (χ2v) is 5.77. The van der Waals surface area contributed by atoms with Crippen molar-refractivity contribution >= 4 is 29.0 Å². The molecule has 1 amide bonds. The summed E-state index contributed by atoms with van der Waals surface area (Å²) >= 11 is 1.51. The highest BCUT2D eigenvalue weighted by Gasteiger charge is 2.04. The van der Waals surface area contributed by atoms with E-state index >= 15 is 0 Å². The molecule has 3 nitrogen and oxygen atoms in total. The lowest BCUT2D eigenvalue weighted by Crippen LogP contribution is -2.13. The lowest BCUT2D eigenvalue weighted by molar-refractivity contribution is -0.113.